The Morgan fingerprint density at radius 1 is 0.963 bits per heavy atom. The molecule has 0 amide bonds. The first-order valence-electron chi connectivity index (χ1n) is 8.91. The average Bonchev–Trinajstić information content (AvgIpc) is 3.03. The molecular weight excluding hydrogens is 338 g/mol. The number of nitrogens with one attached hydrogen (secondary N) is 1. The van der Waals surface area contributed by atoms with E-state index in [1.807, 2.05) is 85.8 Å². The summed E-state index contributed by atoms with van der Waals surface area (Å²) in [5, 5.41) is 3.50. The minimum atomic E-state index is -1.31. The highest BCUT2D eigenvalue weighted by molar-refractivity contribution is 5.86. The van der Waals surface area contributed by atoms with Gasteiger partial charge in [0.25, 0.3) is 5.60 Å². The van der Waals surface area contributed by atoms with Gasteiger partial charge in [-0.15, -0.1) is 0 Å². The molecule has 0 spiro atoms. The summed E-state index contributed by atoms with van der Waals surface area (Å²) in [6.07, 6.45) is 0. The van der Waals surface area contributed by atoms with E-state index < -0.39 is 17.6 Å². The van der Waals surface area contributed by atoms with Crippen molar-refractivity contribution in [1.29, 1.82) is 0 Å². The Morgan fingerprint density at radius 3 is 2.37 bits per heavy atom. The molecule has 3 aromatic carbocycles. The molecule has 1 heterocycles. The second-order valence-electron chi connectivity index (χ2n) is 6.63. The lowest BCUT2D eigenvalue weighted by atomic mass is 9.82. The van der Waals surface area contributed by atoms with Crippen molar-refractivity contribution < 1.29 is 14.3 Å². The number of benzene rings is 3. The van der Waals surface area contributed by atoms with Gasteiger partial charge in [0.15, 0.2) is 0 Å². The molecule has 0 aromatic heterocycles. The van der Waals surface area contributed by atoms with Crippen LogP contribution in [0.25, 0.3) is 0 Å². The van der Waals surface area contributed by atoms with Crippen molar-refractivity contribution in [1.82, 2.24) is 0 Å². The number of esters is 1. The maximum absolute atomic E-state index is 13.2. The zero-order chi connectivity index (χ0) is 18.9. The number of carbonyl (C=O) groups excluding carboxylic acids is 1. The molecule has 3 aromatic rings. The molecule has 4 rings (SSSR count). The summed E-state index contributed by atoms with van der Waals surface area (Å²) >= 11 is 0. The third kappa shape index (κ3) is 2.74. The van der Waals surface area contributed by atoms with Gasteiger partial charge < -0.3 is 14.8 Å². The topological polar surface area (TPSA) is 47.6 Å². The highest BCUT2D eigenvalue weighted by Crippen LogP contribution is 2.51. The van der Waals surface area contributed by atoms with E-state index in [0.717, 1.165) is 22.4 Å². The first kappa shape index (κ1) is 17.2. The van der Waals surface area contributed by atoms with Crippen LogP contribution in [0.1, 0.15) is 22.7 Å². The normalized spacial score (nSPS) is 20.4. The SMILES string of the molecule is COC(=O)[C@@]1(c2ccccc2C)Oc2ccccc2[C@H]1Nc1ccccc1. The largest absolute Gasteiger partial charge is 0.468 e. The smallest absolute Gasteiger partial charge is 0.357 e. The number of hydrogen-bond acceptors (Lipinski definition) is 4. The molecule has 4 nitrogen and oxygen atoms in total. The van der Waals surface area contributed by atoms with Gasteiger partial charge in [0.2, 0.25) is 0 Å². The number of ether oxygens (including phenoxy) is 2. The predicted molar refractivity (Wildman–Crippen MR) is 105 cm³/mol. The summed E-state index contributed by atoms with van der Waals surface area (Å²) in [5.41, 5.74) is 2.29. The van der Waals surface area contributed by atoms with E-state index in [-0.39, 0.29) is 0 Å². The van der Waals surface area contributed by atoms with Gasteiger partial charge in [-0.1, -0.05) is 60.7 Å². The van der Waals surface area contributed by atoms with Crippen molar-refractivity contribution >= 4 is 11.7 Å². The first-order valence-corrected chi connectivity index (χ1v) is 8.91. The van der Waals surface area contributed by atoms with E-state index in [4.69, 9.17) is 9.47 Å². The molecule has 1 N–H and O–H groups in total. The minimum absolute atomic E-state index is 0.426. The van der Waals surface area contributed by atoms with Crippen molar-refractivity contribution in [3.05, 3.63) is 95.6 Å². The Hall–Kier alpha value is -3.27. The number of aryl methyl sites for hydroxylation is 1. The molecular formula is C23H21NO3. The number of anilines is 1. The van der Waals surface area contributed by atoms with E-state index in [1.54, 1.807) is 0 Å². The van der Waals surface area contributed by atoms with Gasteiger partial charge in [-0.3, -0.25) is 0 Å². The van der Waals surface area contributed by atoms with Crippen molar-refractivity contribution in [2.45, 2.75) is 18.6 Å². The van der Waals surface area contributed by atoms with Crippen molar-refractivity contribution in [2.24, 2.45) is 0 Å². The van der Waals surface area contributed by atoms with Crippen molar-refractivity contribution in [3.8, 4) is 5.75 Å². The maximum atomic E-state index is 13.2. The Morgan fingerprint density at radius 2 is 1.63 bits per heavy atom. The van der Waals surface area contributed by atoms with Gasteiger partial charge in [-0.05, 0) is 30.7 Å². The van der Waals surface area contributed by atoms with Crippen molar-refractivity contribution in [2.75, 3.05) is 12.4 Å². The fourth-order valence-corrected chi connectivity index (χ4v) is 3.76. The second-order valence-corrected chi connectivity index (χ2v) is 6.63. The van der Waals surface area contributed by atoms with Crippen LogP contribution in [0, 0.1) is 6.92 Å². The van der Waals surface area contributed by atoms with Crippen LogP contribution >= 0.6 is 0 Å². The Balaban J connectivity index is 1.93. The van der Waals surface area contributed by atoms with Crippen LogP contribution in [0.15, 0.2) is 78.9 Å². The summed E-state index contributed by atoms with van der Waals surface area (Å²) in [4.78, 5) is 13.2. The molecule has 4 heteroatoms. The number of para-hydroxylation sites is 2. The molecule has 0 unspecified atom stereocenters. The van der Waals surface area contributed by atoms with E-state index in [1.165, 1.54) is 7.11 Å². The number of rotatable bonds is 4. The van der Waals surface area contributed by atoms with Gasteiger partial charge in [0.05, 0.1) is 7.11 Å². The van der Waals surface area contributed by atoms with E-state index in [0.29, 0.717) is 5.75 Å². The molecule has 1 aliphatic heterocycles. The van der Waals surface area contributed by atoms with Gasteiger partial charge in [0, 0.05) is 16.8 Å². The predicted octanol–water partition coefficient (Wildman–Crippen LogP) is 4.61. The van der Waals surface area contributed by atoms with Crippen LogP contribution in [-0.4, -0.2) is 13.1 Å². The Bertz CT molecular complexity index is 970. The quantitative estimate of drug-likeness (QED) is 0.691. The summed E-state index contributed by atoms with van der Waals surface area (Å²) in [5.74, 6) is 0.251. The summed E-state index contributed by atoms with van der Waals surface area (Å²) in [7, 11) is 1.40. The molecule has 0 fully saturated rings. The fraction of sp³-hybridized carbons (Fsp3) is 0.174. The zero-order valence-corrected chi connectivity index (χ0v) is 15.3. The number of hydrogen-bond donors (Lipinski definition) is 1. The highest BCUT2D eigenvalue weighted by atomic mass is 16.6. The molecule has 0 saturated carbocycles. The van der Waals surface area contributed by atoms with Crippen LogP contribution in [0.5, 0.6) is 5.75 Å². The molecule has 27 heavy (non-hydrogen) atoms. The maximum Gasteiger partial charge on any atom is 0.357 e. The van der Waals surface area contributed by atoms with Crippen molar-refractivity contribution in [3.63, 3.8) is 0 Å². The lowest BCUT2D eigenvalue weighted by Crippen LogP contribution is -2.47. The summed E-state index contributed by atoms with van der Waals surface area (Å²) in [6.45, 7) is 1.98. The van der Waals surface area contributed by atoms with E-state index in [9.17, 15) is 4.79 Å². The van der Waals surface area contributed by atoms with Crippen LogP contribution in [0.2, 0.25) is 0 Å². The molecule has 136 valence electrons. The molecule has 2 atom stereocenters. The standard InChI is InChI=1S/C23H21NO3/c1-16-10-6-8-14-19(16)23(22(25)26-2)21(24-17-11-4-3-5-12-17)18-13-7-9-15-20(18)27-23/h3-15,21,24H,1-2H3/t21-,23+/m1/s1. The number of carbonyl (C=O) groups is 1. The molecule has 0 bridgehead atoms. The van der Waals surface area contributed by atoms with E-state index >= 15 is 0 Å². The number of fused-ring (bicyclic) bond motifs is 1. The Labute approximate surface area is 158 Å². The van der Waals surface area contributed by atoms with E-state index in [2.05, 4.69) is 5.32 Å². The molecule has 0 radical (unpaired) electrons. The lowest BCUT2D eigenvalue weighted by Gasteiger charge is -2.34. The third-order valence-electron chi connectivity index (χ3n) is 5.03. The van der Waals surface area contributed by atoms with Gasteiger partial charge >= 0.3 is 5.97 Å². The third-order valence-corrected chi connectivity index (χ3v) is 5.03. The van der Waals surface area contributed by atoms with Crippen LogP contribution < -0.4 is 10.1 Å². The number of methoxy groups -OCH3 is 1. The molecule has 0 aliphatic carbocycles. The lowest BCUT2D eigenvalue weighted by molar-refractivity contribution is -0.160. The molecule has 1 aliphatic rings. The summed E-state index contributed by atoms with van der Waals surface area (Å²) in [6, 6.07) is 24.9. The van der Waals surface area contributed by atoms with Crippen LogP contribution in [0.3, 0.4) is 0 Å². The summed E-state index contributed by atoms with van der Waals surface area (Å²) < 4.78 is 11.6. The first-order chi connectivity index (χ1) is 13.2. The molecule has 0 saturated heterocycles. The zero-order valence-electron chi connectivity index (χ0n) is 15.3. The fourth-order valence-electron chi connectivity index (χ4n) is 3.76. The average molecular weight is 359 g/mol. The van der Waals surface area contributed by atoms with Gasteiger partial charge in [-0.25, -0.2) is 4.79 Å². The van der Waals surface area contributed by atoms with Gasteiger partial charge in [-0.2, -0.15) is 0 Å². The second kappa shape index (κ2) is 6.80. The van der Waals surface area contributed by atoms with Crippen LogP contribution in [0.4, 0.5) is 5.69 Å². The van der Waals surface area contributed by atoms with Gasteiger partial charge in [0.1, 0.15) is 11.8 Å². The highest BCUT2D eigenvalue weighted by Gasteiger charge is 2.57. The minimum Gasteiger partial charge on any atom is -0.468 e. The monoisotopic (exact) mass is 359 g/mol. The van der Waals surface area contributed by atoms with Crippen LogP contribution in [-0.2, 0) is 15.1 Å². The Kier molecular flexibility index (Phi) is 4.32.